The highest BCUT2D eigenvalue weighted by molar-refractivity contribution is 7.10. The first kappa shape index (κ1) is 16.0. The van der Waals surface area contributed by atoms with Crippen LogP contribution in [0.25, 0.3) is 0 Å². The van der Waals surface area contributed by atoms with E-state index in [0.29, 0.717) is 26.1 Å². The van der Waals surface area contributed by atoms with Gasteiger partial charge in [-0.15, -0.1) is 11.3 Å². The van der Waals surface area contributed by atoms with E-state index >= 15 is 0 Å². The number of carbonyl (C=O) groups excluding carboxylic acids is 1. The van der Waals surface area contributed by atoms with Crippen molar-refractivity contribution in [1.82, 2.24) is 9.47 Å². The summed E-state index contributed by atoms with van der Waals surface area (Å²) in [7, 11) is 0. The Hall–Kier alpha value is -2.48. The van der Waals surface area contributed by atoms with E-state index in [1.807, 2.05) is 22.4 Å². The number of rotatable bonds is 3. The second kappa shape index (κ2) is 6.11. The summed E-state index contributed by atoms with van der Waals surface area (Å²) in [5, 5.41) is 12.9. The van der Waals surface area contributed by atoms with Crippen molar-refractivity contribution < 1.29 is 9.72 Å². The van der Waals surface area contributed by atoms with Gasteiger partial charge in [-0.25, -0.2) is 0 Å². The van der Waals surface area contributed by atoms with Gasteiger partial charge in [-0.05, 0) is 29.9 Å². The first-order valence-corrected chi connectivity index (χ1v) is 9.09. The molecule has 4 heterocycles. The van der Waals surface area contributed by atoms with Crippen LogP contribution in [0.4, 0.5) is 5.69 Å². The summed E-state index contributed by atoms with van der Waals surface area (Å²) >= 11 is 1.57. The Morgan fingerprint density at radius 2 is 2.12 bits per heavy atom. The Balaban J connectivity index is 1.59. The molecule has 0 aliphatic carbocycles. The molecule has 0 unspecified atom stereocenters. The number of nitro groups is 1. The van der Waals surface area contributed by atoms with Crippen LogP contribution in [0.15, 0.2) is 34.4 Å². The molecule has 2 aliphatic heterocycles. The van der Waals surface area contributed by atoms with E-state index in [-0.39, 0.29) is 23.4 Å². The first-order valence-electron chi connectivity index (χ1n) is 8.21. The van der Waals surface area contributed by atoms with Crippen molar-refractivity contribution in [2.75, 3.05) is 13.1 Å². The van der Waals surface area contributed by atoms with E-state index < -0.39 is 10.5 Å². The maximum atomic E-state index is 12.6. The SMILES string of the molecule is O=C(Cc1cccs1)N1C[C@@H]2C[C@@H](C1)c1ccc([N+](=O)[O-])c(=O)n1C2. The summed E-state index contributed by atoms with van der Waals surface area (Å²) in [5.41, 5.74) is -0.106. The number of thiophene rings is 1. The van der Waals surface area contributed by atoms with Gasteiger partial charge in [0.05, 0.1) is 11.3 Å². The number of aromatic nitrogens is 1. The minimum absolute atomic E-state index is 0.0632. The lowest BCUT2D eigenvalue weighted by molar-refractivity contribution is -0.386. The monoisotopic (exact) mass is 359 g/mol. The number of hydrogen-bond donors (Lipinski definition) is 0. The lowest BCUT2D eigenvalue weighted by Gasteiger charge is -2.42. The van der Waals surface area contributed by atoms with Gasteiger partial charge in [0, 0.05) is 42.2 Å². The molecule has 0 aromatic carbocycles. The van der Waals surface area contributed by atoms with Crippen molar-refractivity contribution >= 4 is 22.9 Å². The number of piperidine rings is 1. The predicted octanol–water partition coefficient (Wildman–Crippen LogP) is 2.01. The maximum absolute atomic E-state index is 12.6. The second-order valence-corrected chi connectivity index (χ2v) is 7.70. The molecule has 1 fully saturated rings. The average Bonchev–Trinajstić information content (AvgIpc) is 3.08. The molecule has 8 heteroatoms. The van der Waals surface area contributed by atoms with Crippen molar-refractivity contribution in [2.24, 2.45) is 5.92 Å². The third-order valence-electron chi connectivity index (χ3n) is 5.04. The molecule has 0 spiro atoms. The van der Waals surface area contributed by atoms with Crippen LogP contribution >= 0.6 is 11.3 Å². The molecule has 0 saturated carbocycles. The van der Waals surface area contributed by atoms with Crippen molar-refractivity contribution in [3.05, 3.63) is 60.7 Å². The molecule has 7 nitrogen and oxygen atoms in total. The lowest BCUT2D eigenvalue weighted by atomic mass is 9.83. The van der Waals surface area contributed by atoms with Gasteiger partial charge in [-0.1, -0.05) is 6.07 Å². The lowest BCUT2D eigenvalue weighted by Crippen LogP contribution is -2.49. The Morgan fingerprint density at radius 3 is 2.84 bits per heavy atom. The third kappa shape index (κ3) is 2.86. The average molecular weight is 359 g/mol. The molecule has 130 valence electrons. The number of nitrogens with zero attached hydrogens (tertiary/aromatic N) is 3. The highest BCUT2D eigenvalue weighted by Gasteiger charge is 2.37. The zero-order chi connectivity index (χ0) is 17.6. The molecule has 0 radical (unpaired) electrons. The van der Waals surface area contributed by atoms with Crippen LogP contribution in [0.5, 0.6) is 0 Å². The smallest absolute Gasteiger partial charge is 0.334 e. The summed E-state index contributed by atoms with van der Waals surface area (Å²) in [4.78, 5) is 38.2. The summed E-state index contributed by atoms with van der Waals surface area (Å²) in [5.74, 6) is 0.335. The van der Waals surface area contributed by atoms with Gasteiger partial charge in [0.1, 0.15) is 0 Å². The van der Waals surface area contributed by atoms with Crippen molar-refractivity contribution in [2.45, 2.75) is 25.3 Å². The van der Waals surface area contributed by atoms with Crippen molar-refractivity contribution in [1.29, 1.82) is 0 Å². The van der Waals surface area contributed by atoms with Gasteiger partial charge < -0.3 is 9.47 Å². The molecule has 4 rings (SSSR count). The van der Waals surface area contributed by atoms with Crippen LogP contribution in [0.1, 0.15) is 22.9 Å². The van der Waals surface area contributed by atoms with Gasteiger partial charge in [-0.3, -0.25) is 19.7 Å². The zero-order valence-electron chi connectivity index (χ0n) is 13.5. The van der Waals surface area contributed by atoms with Crippen LogP contribution in [-0.2, 0) is 17.8 Å². The topological polar surface area (TPSA) is 85.5 Å². The molecular formula is C17H17N3O4S. The van der Waals surface area contributed by atoms with E-state index in [1.165, 1.54) is 10.6 Å². The van der Waals surface area contributed by atoms with Gasteiger partial charge in [0.15, 0.2) is 0 Å². The van der Waals surface area contributed by atoms with Gasteiger partial charge in [0.25, 0.3) is 0 Å². The first-order chi connectivity index (χ1) is 12.0. The molecule has 2 aliphatic rings. The van der Waals surface area contributed by atoms with Crippen LogP contribution in [0, 0.1) is 16.0 Å². The summed E-state index contributed by atoms with van der Waals surface area (Å²) in [6.45, 7) is 1.61. The number of hydrogen-bond acceptors (Lipinski definition) is 5. The summed E-state index contributed by atoms with van der Waals surface area (Å²) in [6, 6.07) is 6.86. The molecule has 1 saturated heterocycles. The van der Waals surface area contributed by atoms with E-state index in [4.69, 9.17) is 0 Å². The Bertz CT molecular complexity index is 890. The Labute approximate surface area is 147 Å². The summed E-state index contributed by atoms with van der Waals surface area (Å²) < 4.78 is 1.54. The molecule has 25 heavy (non-hydrogen) atoms. The van der Waals surface area contributed by atoms with E-state index in [0.717, 1.165) is 17.0 Å². The van der Waals surface area contributed by atoms with E-state index in [9.17, 15) is 19.7 Å². The highest BCUT2D eigenvalue weighted by atomic mass is 32.1. The fourth-order valence-corrected chi connectivity index (χ4v) is 4.65. The number of pyridine rings is 1. The van der Waals surface area contributed by atoms with Gasteiger partial charge in [-0.2, -0.15) is 0 Å². The molecule has 2 aromatic rings. The molecule has 1 amide bonds. The number of amides is 1. The van der Waals surface area contributed by atoms with Gasteiger partial charge >= 0.3 is 11.2 Å². The van der Waals surface area contributed by atoms with Crippen LogP contribution in [0.3, 0.4) is 0 Å². The molecular weight excluding hydrogens is 342 g/mol. The van der Waals surface area contributed by atoms with Crippen LogP contribution in [0.2, 0.25) is 0 Å². The highest BCUT2D eigenvalue weighted by Crippen LogP contribution is 2.35. The van der Waals surface area contributed by atoms with Crippen LogP contribution < -0.4 is 5.56 Å². The maximum Gasteiger partial charge on any atom is 0.334 e. The fraction of sp³-hybridized carbons (Fsp3) is 0.412. The third-order valence-corrected chi connectivity index (χ3v) is 5.92. The number of fused-ring (bicyclic) bond motifs is 4. The number of carbonyl (C=O) groups is 1. The number of likely N-dealkylation sites (tertiary alicyclic amines) is 1. The quantitative estimate of drug-likeness (QED) is 0.620. The zero-order valence-corrected chi connectivity index (χ0v) is 14.3. The Kier molecular flexibility index (Phi) is 3.91. The molecule has 2 bridgehead atoms. The minimum Gasteiger partial charge on any atom is -0.341 e. The van der Waals surface area contributed by atoms with Crippen molar-refractivity contribution in [3.63, 3.8) is 0 Å². The Morgan fingerprint density at radius 1 is 1.28 bits per heavy atom. The molecule has 2 aromatic heterocycles. The van der Waals surface area contributed by atoms with Crippen LogP contribution in [-0.4, -0.2) is 33.4 Å². The predicted molar refractivity (Wildman–Crippen MR) is 92.8 cm³/mol. The fourth-order valence-electron chi connectivity index (χ4n) is 3.95. The van der Waals surface area contributed by atoms with Gasteiger partial charge in [0.2, 0.25) is 5.91 Å². The second-order valence-electron chi connectivity index (χ2n) is 6.67. The van der Waals surface area contributed by atoms with E-state index in [1.54, 1.807) is 17.4 Å². The van der Waals surface area contributed by atoms with Crippen molar-refractivity contribution in [3.8, 4) is 0 Å². The summed E-state index contributed by atoms with van der Waals surface area (Å²) in [6.07, 6.45) is 1.32. The largest absolute Gasteiger partial charge is 0.341 e. The minimum atomic E-state index is -0.628. The standard InChI is InChI=1S/C17H17N3O4S/c21-16(7-13-2-1-5-25-13)18-8-11-6-12(10-18)14-3-4-15(20(23)24)17(22)19(14)9-11/h1-5,11-12H,6-10H2/t11-,12-/m0/s1. The molecule has 2 atom stereocenters. The van der Waals surface area contributed by atoms with E-state index in [2.05, 4.69) is 0 Å². The normalized spacial score (nSPS) is 21.7. The molecule has 0 N–H and O–H groups in total.